The second-order valence-corrected chi connectivity index (χ2v) is 7.55. The van der Waals surface area contributed by atoms with E-state index in [0.29, 0.717) is 46.0 Å². The zero-order chi connectivity index (χ0) is 24.0. The average Bonchev–Trinajstić information content (AvgIpc) is 2.83. The molecule has 33 heavy (non-hydrogen) atoms. The fourth-order valence-electron chi connectivity index (χ4n) is 3.31. The van der Waals surface area contributed by atoms with Crippen LogP contribution >= 0.6 is 0 Å². The minimum Gasteiger partial charge on any atom is -0.493 e. The van der Waals surface area contributed by atoms with Crippen LogP contribution in [0.5, 0.6) is 11.5 Å². The van der Waals surface area contributed by atoms with Crippen LogP contribution in [0.2, 0.25) is 0 Å². The molecule has 9 nitrogen and oxygen atoms in total. The first kappa shape index (κ1) is 23.8. The standard InChI is InChI=1S/C24H29N5O4/c1-6-7-10-25-23(30)16-9-8-15(2)18(11-16)28-24(31)29(3)22-17-12-20(32-4)21(33-5)13-19(17)26-14-27-22/h8-9,11-14H,6-7,10H2,1-5H3,(H,25,30)(H,28,31). The molecule has 0 spiro atoms. The zero-order valence-electron chi connectivity index (χ0n) is 19.6. The maximum absolute atomic E-state index is 13.1. The lowest BCUT2D eigenvalue weighted by Gasteiger charge is -2.20. The third-order valence-electron chi connectivity index (χ3n) is 5.30. The molecule has 0 aliphatic heterocycles. The normalized spacial score (nSPS) is 10.6. The Bertz CT molecular complexity index is 1170. The Labute approximate surface area is 193 Å². The van der Waals surface area contributed by atoms with E-state index in [-0.39, 0.29) is 5.91 Å². The molecule has 2 aromatic carbocycles. The number of urea groups is 1. The lowest BCUT2D eigenvalue weighted by molar-refractivity contribution is 0.0953. The van der Waals surface area contributed by atoms with Crippen LogP contribution in [0.3, 0.4) is 0 Å². The quantitative estimate of drug-likeness (QED) is 0.499. The number of ether oxygens (including phenoxy) is 2. The number of aryl methyl sites for hydroxylation is 1. The number of hydrogen-bond donors (Lipinski definition) is 2. The molecule has 0 unspecified atom stereocenters. The first-order chi connectivity index (χ1) is 15.9. The number of benzene rings is 2. The first-order valence-corrected chi connectivity index (χ1v) is 10.7. The van der Waals surface area contributed by atoms with Crippen molar-refractivity contribution in [1.82, 2.24) is 15.3 Å². The van der Waals surface area contributed by atoms with Crippen molar-refractivity contribution in [2.24, 2.45) is 0 Å². The number of fused-ring (bicyclic) bond motifs is 1. The molecule has 0 aliphatic rings. The van der Waals surface area contributed by atoms with Crippen LogP contribution < -0.4 is 25.0 Å². The second-order valence-electron chi connectivity index (χ2n) is 7.55. The van der Waals surface area contributed by atoms with Crippen molar-refractivity contribution < 1.29 is 19.1 Å². The molecule has 0 aliphatic carbocycles. The second kappa shape index (κ2) is 10.6. The molecule has 3 aromatic rings. The molecule has 3 rings (SSSR count). The number of unbranched alkanes of at least 4 members (excludes halogenated alkanes) is 1. The topological polar surface area (TPSA) is 106 Å². The summed E-state index contributed by atoms with van der Waals surface area (Å²) < 4.78 is 10.7. The number of nitrogens with one attached hydrogen (secondary N) is 2. The van der Waals surface area contributed by atoms with E-state index in [1.807, 2.05) is 13.0 Å². The van der Waals surface area contributed by atoms with Gasteiger partial charge in [0.05, 0.1) is 19.7 Å². The summed E-state index contributed by atoms with van der Waals surface area (Å²) in [6, 6.07) is 8.29. The predicted octanol–water partition coefficient (Wildman–Crippen LogP) is 4.15. The number of hydrogen-bond acceptors (Lipinski definition) is 6. The summed E-state index contributed by atoms with van der Waals surface area (Å²) in [5.74, 6) is 1.28. The fourth-order valence-corrected chi connectivity index (χ4v) is 3.31. The Morgan fingerprint density at radius 2 is 1.79 bits per heavy atom. The van der Waals surface area contributed by atoms with E-state index in [1.165, 1.54) is 18.3 Å². The van der Waals surface area contributed by atoms with Crippen LogP contribution in [0.25, 0.3) is 10.9 Å². The maximum Gasteiger partial charge on any atom is 0.327 e. The molecule has 0 saturated heterocycles. The third kappa shape index (κ3) is 5.31. The van der Waals surface area contributed by atoms with Crippen LogP contribution in [0.15, 0.2) is 36.7 Å². The van der Waals surface area contributed by atoms with Gasteiger partial charge in [-0.15, -0.1) is 0 Å². The van der Waals surface area contributed by atoms with Gasteiger partial charge in [-0.25, -0.2) is 14.8 Å². The van der Waals surface area contributed by atoms with Gasteiger partial charge in [-0.05, 0) is 37.1 Å². The minimum absolute atomic E-state index is 0.171. The van der Waals surface area contributed by atoms with Gasteiger partial charge in [0.2, 0.25) is 0 Å². The largest absolute Gasteiger partial charge is 0.493 e. The lowest BCUT2D eigenvalue weighted by atomic mass is 10.1. The van der Waals surface area contributed by atoms with E-state index in [4.69, 9.17) is 9.47 Å². The fraction of sp³-hybridized carbons (Fsp3) is 0.333. The summed E-state index contributed by atoms with van der Waals surface area (Å²) in [7, 11) is 4.70. The highest BCUT2D eigenvalue weighted by Gasteiger charge is 2.19. The van der Waals surface area contributed by atoms with E-state index in [2.05, 4.69) is 27.5 Å². The number of amides is 3. The SMILES string of the molecule is CCCCNC(=O)c1ccc(C)c(NC(=O)N(C)c2ncnc3cc(OC)c(OC)cc23)c1. The van der Waals surface area contributed by atoms with Crippen LogP contribution in [0, 0.1) is 6.92 Å². The summed E-state index contributed by atoms with van der Waals surface area (Å²) in [6.07, 6.45) is 3.30. The molecule has 0 saturated carbocycles. The van der Waals surface area contributed by atoms with E-state index in [9.17, 15) is 9.59 Å². The summed E-state index contributed by atoms with van der Waals surface area (Å²) in [5, 5.41) is 6.40. The molecule has 2 N–H and O–H groups in total. The van der Waals surface area contributed by atoms with Crippen LogP contribution in [-0.2, 0) is 0 Å². The van der Waals surface area contributed by atoms with Gasteiger partial charge in [-0.3, -0.25) is 9.69 Å². The maximum atomic E-state index is 13.1. The van der Waals surface area contributed by atoms with Crippen molar-refractivity contribution in [1.29, 1.82) is 0 Å². The van der Waals surface area contributed by atoms with E-state index >= 15 is 0 Å². The highest BCUT2D eigenvalue weighted by atomic mass is 16.5. The molecule has 0 bridgehead atoms. The molecule has 174 valence electrons. The molecule has 0 radical (unpaired) electrons. The number of rotatable bonds is 8. The van der Waals surface area contributed by atoms with Gasteiger partial charge in [-0.2, -0.15) is 0 Å². The summed E-state index contributed by atoms with van der Waals surface area (Å²) in [5.41, 5.74) is 2.48. The Morgan fingerprint density at radius 1 is 1.06 bits per heavy atom. The lowest BCUT2D eigenvalue weighted by Crippen LogP contribution is -2.32. The monoisotopic (exact) mass is 451 g/mol. The highest BCUT2D eigenvalue weighted by molar-refractivity contribution is 6.07. The van der Waals surface area contributed by atoms with Crippen molar-refractivity contribution >= 4 is 34.3 Å². The minimum atomic E-state index is -0.406. The first-order valence-electron chi connectivity index (χ1n) is 10.7. The van der Waals surface area contributed by atoms with Gasteiger partial charge in [-0.1, -0.05) is 19.4 Å². The van der Waals surface area contributed by atoms with Gasteiger partial charge in [0, 0.05) is 36.3 Å². The molecule has 0 fully saturated rings. The van der Waals surface area contributed by atoms with Gasteiger partial charge < -0.3 is 20.1 Å². The number of methoxy groups -OCH3 is 2. The van der Waals surface area contributed by atoms with E-state index < -0.39 is 6.03 Å². The number of aromatic nitrogens is 2. The van der Waals surface area contributed by atoms with Gasteiger partial charge in [0.15, 0.2) is 11.5 Å². The summed E-state index contributed by atoms with van der Waals surface area (Å²) in [6.45, 7) is 4.55. The number of nitrogens with zero attached hydrogens (tertiary/aromatic N) is 3. The van der Waals surface area contributed by atoms with Crippen LogP contribution in [-0.4, -0.2) is 49.7 Å². The predicted molar refractivity (Wildman–Crippen MR) is 128 cm³/mol. The van der Waals surface area contributed by atoms with Crippen LogP contribution in [0.1, 0.15) is 35.7 Å². The summed E-state index contributed by atoms with van der Waals surface area (Å²) >= 11 is 0. The van der Waals surface area contributed by atoms with E-state index in [0.717, 1.165) is 18.4 Å². The van der Waals surface area contributed by atoms with Gasteiger partial charge in [0.25, 0.3) is 5.91 Å². The van der Waals surface area contributed by atoms with Gasteiger partial charge in [0.1, 0.15) is 12.1 Å². The number of anilines is 2. The Balaban J connectivity index is 1.86. The molecular formula is C24H29N5O4. The number of carbonyl (C=O) groups is 2. The smallest absolute Gasteiger partial charge is 0.327 e. The highest BCUT2D eigenvalue weighted by Crippen LogP contribution is 2.34. The molecule has 0 atom stereocenters. The third-order valence-corrected chi connectivity index (χ3v) is 5.30. The number of carbonyl (C=O) groups excluding carboxylic acids is 2. The van der Waals surface area contributed by atoms with Crippen molar-refractivity contribution in [3.63, 3.8) is 0 Å². The molecule has 1 aromatic heterocycles. The molecular weight excluding hydrogens is 422 g/mol. The Morgan fingerprint density at radius 3 is 2.48 bits per heavy atom. The Hall–Kier alpha value is -3.88. The van der Waals surface area contributed by atoms with E-state index in [1.54, 1.807) is 38.4 Å². The van der Waals surface area contributed by atoms with Gasteiger partial charge >= 0.3 is 6.03 Å². The van der Waals surface area contributed by atoms with Crippen molar-refractivity contribution in [2.75, 3.05) is 38.0 Å². The molecule has 1 heterocycles. The van der Waals surface area contributed by atoms with Crippen molar-refractivity contribution in [3.8, 4) is 11.5 Å². The molecule has 9 heteroatoms. The zero-order valence-corrected chi connectivity index (χ0v) is 19.6. The summed E-state index contributed by atoms with van der Waals surface area (Å²) in [4.78, 5) is 35.5. The Kier molecular flexibility index (Phi) is 7.66. The molecule has 3 amide bonds. The van der Waals surface area contributed by atoms with Crippen molar-refractivity contribution in [3.05, 3.63) is 47.8 Å². The van der Waals surface area contributed by atoms with Crippen molar-refractivity contribution in [2.45, 2.75) is 26.7 Å². The average molecular weight is 452 g/mol. The van der Waals surface area contributed by atoms with Crippen LogP contribution in [0.4, 0.5) is 16.3 Å².